The van der Waals surface area contributed by atoms with E-state index < -0.39 is 5.97 Å². The van der Waals surface area contributed by atoms with Gasteiger partial charge in [-0.1, -0.05) is 0 Å². The molecule has 0 aliphatic heterocycles. The Bertz CT molecular complexity index is 404. The average molecular weight is 251 g/mol. The van der Waals surface area contributed by atoms with Gasteiger partial charge in [0.05, 0.1) is 24.1 Å². The predicted molar refractivity (Wildman–Crippen MR) is 64.7 cm³/mol. The first-order valence-electron chi connectivity index (χ1n) is 5.84. The van der Waals surface area contributed by atoms with Crippen molar-refractivity contribution in [1.29, 1.82) is 0 Å². The van der Waals surface area contributed by atoms with Gasteiger partial charge in [0.25, 0.3) is 0 Å². The summed E-state index contributed by atoms with van der Waals surface area (Å²) in [6.07, 6.45) is 4.82. The number of carboxylic acid groups (broad SMARTS) is 1. The lowest BCUT2D eigenvalue weighted by molar-refractivity contribution is -0.137. The van der Waals surface area contributed by atoms with Crippen molar-refractivity contribution in [1.82, 2.24) is 15.3 Å². The third kappa shape index (κ3) is 5.93. The Morgan fingerprint density at radius 1 is 1.22 bits per heavy atom. The molecule has 0 fully saturated rings. The zero-order valence-corrected chi connectivity index (χ0v) is 10.3. The first-order chi connectivity index (χ1) is 8.58. The minimum atomic E-state index is -0.828. The highest BCUT2D eigenvalue weighted by molar-refractivity contribution is 5.75. The molecule has 0 aliphatic rings. The fraction of sp³-hybridized carbons (Fsp3) is 0.500. The van der Waals surface area contributed by atoms with E-state index in [9.17, 15) is 9.59 Å². The largest absolute Gasteiger partial charge is 0.481 e. The number of amides is 1. The highest BCUT2D eigenvalue weighted by Crippen LogP contribution is 2.00. The molecular weight excluding hydrogens is 234 g/mol. The van der Waals surface area contributed by atoms with Gasteiger partial charge in [-0.05, 0) is 19.8 Å². The molecule has 18 heavy (non-hydrogen) atoms. The molecule has 0 aliphatic carbocycles. The molecule has 6 heteroatoms. The van der Waals surface area contributed by atoms with Crippen molar-refractivity contribution in [3.63, 3.8) is 0 Å². The van der Waals surface area contributed by atoms with Gasteiger partial charge in [-0.15, -0.1) is 0 Å². The maximum atomic E-state index is 11.4. The van der Waals surface area contributed by atoms with Gasteiger partial charge in [0.1, 0.15) is 0 Å². The van der Waals surface area contributed by atoms with Crippen molar-refractivity contribution in [3.8, 4) is 0 Å². The molecule has 0 radical (unpaired) electrons. The number of hydrogen-bond acceptors (Lipinski definition) is 4. The molecule has 2 N–H and O–H groups in total. The first-order valence-corrected chi connectivity index (χ1v) is 5.84. The van der Waals surface area contributed by atoms with Crippen LogP contribution in [-0.2, 0) is 16.1 Å². The quantitative estimate of drug-likeness (QED) is 0.706. The average Bonchev–Trinajstić information content (AvgIpc) is 2.34. The number of rotatable bonds is 7. The second kappa shape index (κ2) is 7.37. The molecule has 0 spiro atoms. The summed E-state index contributed by atoms with van der Waals surface area (Å²) in [6.45, 7) is 2.20. The molecule has 1 amide bonds. The van der Waals surface area contributed by atoms with Gasteiger partial charge in [-0.25, -0.2) is 0 Å². The summed E-state index contributed by atoms with van der Waals surface area (Å²) in [4.78, 5) is 29.9. The van der Waals surface area contributed by atoms with E-state index in [-0.39, 0.29) is 12.3 Å². The molecule has 0 bridgehead atoms. The summed E-state index contributed by atoms with van der Waals surface area (Å²) in [6, 6.07) is 0. The summed E-state index contributed by atoms with van der Waals surface area (Å²) < 4.78 is 0. The second-order valence-corrected chi connectivity index (χ2v) is 4.03. The van der Waals surface area contributed by atoms with Crippen LogP contribution in [0.25, 0.3) is 0 Å². The maximum Gasteiger partial charge on any atom is 0.303 e. The van der Waals surface area contributed by atoms with Crippen molar-refractivity contribution in [2.24, 2.45) is 0 Å². The number of hydrogen-bond donors (Lipinski definition) is 2. The number of carboxylic acids is 1. The molecular formula is C12H17N3O3. The Morgan fingerprint density at radius 3 is 2.56 bits per heavy atom. The first kappa shape index (κ1) is 14.1. The highest BCUT2D eigenvalue weighted by Gasteiger charge is 2.03. The maximum absolute atomic E-state index is 11.4. The van der Waals surface area contributed by atoms with Gasteiger partial charge in [-0.3, -0.25) is 19.6 Å². The highest BCUT2D eigenvalue weighted by atomic mass is 16.4. The molecule has 0 saturated carbocycles. The Hall–Kier alpha value is -1.98. The molecule has 0 unspecified atom stereocenters. The second-order valence-electron chi connectivity index (χ2n) is 4.03. The normalized spacial score (nSPS) is 10.1. The standard InChI is InChI=1S/C12H17N3O3/c1-9-6-14-10(7-13-9)8-15-11(16)4-2-3-5-12(17)18/h6-7H,2-5,8H2,1H3,(H,15,16)(H,17,18). The third-order valence-electron chi connectivity index (χ3n) is 2.35. The number of aromatic nitrogens is 2. The van der Waals surface area contributed by atoms with Crippen LogP contribution in [0.2, 0.25) is 0 Å². The number of carbonyl (C=O) groups is 2. The van der Waals surface area contributed by atoms with E-state index in [1.54, 1.807) is 12.4 Å². The molecule has 0 saturated heterocycles. The fourth-order valence-corrected chi connectivity index (χ4v) is 1.35. The van der Waals surface area contributed by atoms with Gasteiger partial charge >= 0.3 is 5.97 Å². The summed E-state index contributed by atoms with van der Waals surface area (Å²) in [5.74, 6) is -0.923. The van der Waals surface area contributed by atoms with E-state index in [2.05, 4.69) is 15.3 Å². The van der Waals surface area contributed by atoms with E-state index in [1.165, 1.54) is 0 Å². The van der Waals surface area contributed by atoms with Crippen molar-refractivity contribution in [2.75, 3.05) is 0 Å². The monoisotopic (exact) mass is 251 g/mol. The third-order valence-corrected chi connectivity index (χ3v) is 2.35. The minimum Gasteiger partial charge on any atom is -0.481 e. The van der Waals surface area contributed by atoms with Crippen LogP contribution in [0.1, 0.15) is 37.1 Å². The number of unbranched alkanes of at least 4 members (excludes halogenated alkanes) is 1. The number of aliphatic carboxylic acids is 1. The van der Waals surface area contributed by atoms with Crippen LogP contribution in [0.3, 0.4) is 0 Å². The molecule has 1 aromatic heterocycles. The SMILES string of the molecule is Cc1cnc(CNC(=O)CCCCC(=O)O)cn1. The smallest absolute Gasteiger partial charge is 0.303 e. The number of aryl methyl sites for hydroxylation is 1. The van der Waals surface area contributed by atoms with Gasteiger partial charge in [0, 0.05) is 19.0 Å². The summed E-state index contributed by atoms with van der Waals surface area (Å²) in [5, 5.41) is 11.2. The molecule has 0 atom stereocenters. The lowest BCUT2D eigenvalue weighted by atomic mass is 10.2. The summed E-state index contributed by atoms with van der Waals surface area (Å²) >= 11 is 0. The molecule has 1 aromatic rings. The Morgan fingerprint density at radius 2 is 1.94 bits per heavy atom. The van der Waals surface area contributed by atoms with E-state index in [4.69, 9.17) is 5.11 Å². The van der Waals surface area contributed by atoms with Gasteiger partial charge < -0.3 is 10.4 Å². The van der Waals surface area contributed by atoms with Crippen LogP contribution >= 0.6 is 0 Å². The summed E-state index contributed by atoms with van der Waals surface area (Å²) in [5.41, 5.74) is 1.54. The van der Waals surface area contributed by atoms with Crippen molar-refractivity contribution < 1.29 is 14.7 Å². The number of carbonyl (C=O) groups excluding carboxylic acids is 1. The Kier molecular flexibility index (Phi) is 5.76. The topological polar surface area (TPSA) is 92.2 Å². The van der Waals surface area contributed by atoms with Crippen LogP contribution in [0, 0.1) is 6.92 Å². The van der Waals surface area contributed by atoms with Crippen molar-refractivity contribution in [3.05, 3.63) is 23.8 Å². The Balaban J connectivity index is 2.17. The lowest BCUT2D eigenvalue weighted by Gasteiger charge is -2.04. The molecule has 0 aromatic carbocycles. The molecule has 6 nitrogen and oxygen atoms in total. The van der Waals surface area contributed by atoms with E-state index in [0.29, 0.717) is 31.5 Å². The summed E-state index contributed by atoms with van der Waals surface area (Å²) in [7, 11) is 0. The van der Waals surface area contributed by atoms with E-state index >= 15 is 0 Å². The van der Waals surface area contributed by atoms with Crippen LogP contribution < -0.4 is 5.32 Å². The number of nitrogens with one attached hydrogen (secondary N) is 1. The van der Waals surface area contributed by atoms with Gasteiger partial charge in [0.2, 0.25) is 5.91 Å². The zero-order chi connectivity index (χ0) is 13.4. The molecule has 98 valence electrons. The van der Waals surface area contributed by atoms with E-state index in [1.807, 2.05) is 6.92 Å². The molecule has 1 rings (SSSR count). The number of nitrogens with zero attached hydrogens (tertiary/aromatic N) is 2. The minimum absolute atomic E-state index is 0.0947. The lowest BCUT2D eigenvalue weighted by Crippen LogP contribution is -2.23. The van der Waals surface area contributed by atoms with Crippen molar-refractivity contribution in [2.45, 2.75) is 39.2 Å². The molecule has 1 heterocycles. The van der Waals surface area contributed by atoms with Gasteiger partial charge in [-0.2, -0.15) is 0 Å². The van der Waals surface area contributed by atoms with Crippen molar-refractivity contribution >= 4 is 11.9 Å². The van der Waals surface area contributed by atoms with Crippen LogP contribution in [0.4, 0.5) is 0 Å². The van der Waals surface area contributed by atoms with Crippen LogP contribution in [-0.4, -0.2) is 27.0 Å². The van der Waals surface area contributed by atoms with Gasteiger partial charge in [0.15, 0.2) is 0 Å². The predicted octanol–water partition coefficient (Wildman–Crippen LogP) is 1.05. The zero-order valence-electron chi connectivity index (χ0n) is 10.3. The Labute approximate surface area is 105 Å². The van der Waals surface area contributed by atoms with Crippen LogP contribution in [0.15, 0.2) is 12.4 Å². The van der Waals surface area contributed by atoms with Crippen LogP contribution in [0.5, 0.6) is 0 Å². The van der Waals surface area contributed by atoms with E-state index in [0.717, 1.165) is 5.69 Å². The fourth-order valence-electron chi connectivity index (χ4n) is 1.35.